The number of aromatic amines is 2. The lowest BCUT2D eigenvalue weighted by atomic mass is 10.0. The molecule has 0 bridgehead atoms. The highest BCUT2D eigenvalue weighted by atomic mass is 16.5. The molecule has 0 saturated heterocycles. The smallest absolute Gasteiger partial charge is 0.407 e. The van der Waals surface area contributed by atoms with Gasteiger partial charge < -0.3 is 25.3 Å². The Morgan fingerprint density at radius 3 is 2.44 bits per heavy atom. The van der Waals surface area contributed by atoms with Gasteiger partial charge in [-0.2, -0.15) is 0 Å². The molecular formula is C17H24N4O4. The maximum absolute atomic E-state index is 12.5. The molecule has 0 aliphatic heterocycles. The van der Waals surface area contributed by atoms with E-state index in [9.17, 15) is 14.4 Å². The number of H-pyrrole nitrogens is 2. The molecule has 2 rings (SSSR count). The zero-order valence-corrected chi connectivity index (χ0v) is 14.8. The highest BCUT2D eigenvalue weighted by molar-refractivity contribution is 5.86. The van der Waals surface area contributed by atoms with E-state index in [1.54, 1.807) is 19.1 Å². The summed E-state index contributed by atoms with van der Waals surface area (Å²) in [5.74, 6) is -0.390. The second kappa shape index (κ2) is 7.87. The van der Waals surface area contributed by atoms with Crippen molar-refractivity contribution in [2.45, 2.75) is 39.8 Å². The summed E-state index contributed by atoms with van der Waals surface area (Å²) in [7, 11) is 0. The fraction of sp³-hybridized carbons (Fsp3) is 0.471. The lowest BCUT2D eigenvalue weighted by Crippen LogP contribution is -2.50. The van der Waals surface area contributed by atoms with Gasteiger partial charge in [0.15, 0.2) is 0 Å². The van der Waals surface area contributed by atoms with E-state index < -0.39 is 12.1 Å². The first kappa shape index (κ1) is 18.6. The number of fused-ring (bicyclic) bond motifs is 1. The molecule has 4 N–H and O–H groups in total. The van der Waals surface area contributed by atoms with Crippen LogP contribution in [0.4, 0.5) is 4.79 Å². The molecule has 2 atom stereocenters. The number of benzene rings is 1. The van der Waals surface area contributed by atoms with Crippen LogP contribution < -0.4 is 16.3 Å². The number of ether oxygens (including phenoxy) is 1. The first-order chi connectivity index (χ1) is 11.8. The molecule has 2 aromatic rings. The van der Waals surface area contributed by atoms with Crippen LogP contribution in [-0.2, 0) is 9.53 Å². The second-order valence-corrected chi connectivity index (χ2v) is 6.20. The van der Waals surface area contributed by atoms with Crippen LogP contribution in [0.2, 0.25) is 0 Å². The predicted octanol–water partition coefficient (Wildman–Crippen LogP) is 1.80. The monoisotopic (exact) mass is 348 g/mol. The summed E-state index contributed by atoms with van der Waals surface area (Å²) in [4.78, 5) is 40.8. The Kier molecular flexibility index (Phi) is 5.84. The van der Waals surface area contributed by atoms with E-state index >= 15 is 0 Å². The van der Waals surface area contributed by atoms with Gasteiger partial charge in [-0.05, 0) is 37.5 Å². The third-order valence-electron chi connectivity index (χ3n) is 3.90. The van der Waals surface area contributed by atoms with Crippen LogP contribution in [0.1, 0.15) is 39.3 Å². The number of hydrogen-bond acceptors (Lipinski definition) is 4. The minimum Gasteiger partial charge on any atom is -0.450 e. The van der Waals surface area contributed by atoms with Crippen molar-refractivity contribution in [1.82, 2.24) is 20.6 Å². The Bertz CT molecular complexity index is 808. The van der Waals surface area contributed by atoms with Crippen molar-refractivity contribution in [2.75, 3.05) is 6.61 Å². The topological polar surface area (TPSA) is 116 Å². The summed E-state index contributed by atoms with van der Waals surface area (Å²) in [6, 6.07) is 4.43. The minimum absolute atomic E-state index is 0.0971. The number of amides is 2. The number of carbonyl (C=O) groups excluding carboxylic acids is 2. The highest BCUT2D eigenvalue weighted by Crippen LogP contribution is 2.17. The van der Waals surface area contributed by atoms with Crippen LogP contribution in [0.3, 0.4) is 0 Å². The molecule has 0 fully saturated rings. The lowest BCUT2D eigenvalue weighted by Gasteiger charge is -2.24. The normalized spacial score (nSPS) is 13.5. The van der Waals surface area contributed by atoms with Crippen LogP contribution in [0.15, 0.2) is 23.0 Å². The van der Waals surface area contributed by atoms with E-state index in [1.807, 2.05) is 26.8 Å². The Morgan fingerprint density at radius 2 is 1.80 bits per heavy atom. The molecule has 1 aromatic carbocycles. The summed E-state index contributed by atoms with van der Waals surface area (Å²) in [6.07, 6.45) is -0.615. The molecule has 0 aliphatic rings. The summed E-state index contributed by atoms with van der Waals surface area (Å²) in [5.41, 5.74) is 1.95. The van der Waals surface area contributed by atoms with Gasteiger partial charge in [0.1, 0.15) is 6.04 Å². The quantitative estimate of drug-likeness (QED) is 0.637. The molecule has 2 amide bonds. The molecule has 136 valence electrons. The number of hydrogen-bond donors (Lipinski definition) is 4. The van der Waals surface area contributed by atoms with Gasteiger partial charge in [0.25, 0.3) is 0 Å². The van der Waals surface area contributed by atoms with E-state index in [4.69, 9.17) is 4.74 Å². The van der Waals surface area contributed by atoms with Crippen molar-refractivity contribution in [2.24, 2.45) is 5.92 Å². The number of imidazole rings is 1. The molecule has 0 aliphatic carbocycles. The fourth-order valence-electron chi connectivity index (χ4n) is 2.54. The largest absolute Gasteiger partial charge is 0.450 e. The third kappa shape index (κ3) is 4.62. The van der Waals surface area contributed by atoms with Crippen molar-refractivity contribution in [3.8, 4) is 0 Å². The Labute approximate surface area is 145 Å². The van der Waals surface area contributed by atoms with Crippen LogP contribution in [0.5, 0.6) is 0 Å². The Morgan fingerprint density at radius 1 is 1.12 bits per heavy atom. The number of nitrogens with one attached hydrogen (secondary N) is 4. The standard InChI is InChI=1S/C17H24N4O4/c1-5-25-17(24)21-14(9(2)3)15(22)18-10(4)11-6-7-12-13(8-11)20-16(23)19-12/h6-10,14H,5H2,1-4H3,(H,18,22)(H,21,24)(H2,19,20,23)/t10-,14+/m0/s1. The van der Waals surface area contributed by atoms with Gasteiger partial charge in [-0.1, -0.05) is 19.9 Å². The first-order valence-electron chi connectivity index (χ1n) is 8.27. The molecular weight excluding hydrogens is 324 g/mol. The summed E-state index contributed by atoms with van der Waals surface area (Å²) in [5, 5.41) is 5.47. The van der Waals surface area contributed by atoms with Crippen molar-refractivity contribution in [3.63, 3.8) is 0 Å². The minimum atomic E-state index is -0.697. The van der Waals surface area contributed by atoms with Crippen LogP contribution in [0.25, 0.3) is 11.0 Å². The van der Waals surface area contributed by atoms with Crippen molar-refractivity contribution in [3.05, 3.63) is 34.2 Å². The number of carbonyl (C=O) groups is 2. The van der Waals surface area contributed by atoms with Crippen molar-refractivity contribution >= 4 is 23.0 Å². The van der Waals surface area contributed by atoms with Gasteiger partial charge in [-0.3, -0.25) is 4.79 Å². The first-order valence-corrected chi connectivity index (χ1v) is 8.27. The molecule has 25 heavy (non-hydrogen) atoms. The van der Waals surface area contributed by atoms with E-state index in [2.05, 4.69) is 20.6 Å². The number of rotatable bonds is 6. The molecule has 0 spiro atoms. The molecule has 0 radical (unpaired) electrons. The predicted molar refractivity (Wildman–Crippen MR) is 94.3 cm³/mol. The van der Waals surface area contributed by atoms with Gasteiger partial charge in [0.2, 0.25) is 5.91 Å². The van der Waals surface area contributed by atoms with E-state index in [0.29, 0.717) is 11.0 Å². The molecule has 8 heteroatoms. The summed E-state index contributed by atoms with van der Waals surface area (Å²) in [6.45, 7) is 7.47. The van der Waals surface area contributed by atoms with Gasteiger partial charge >= 0.3 is 11.8 Å². The number of alkyl carbamates (subject to hydrolysis) is 1. The fourth-order valence-corrected chi connectivity index (χ4v) is 2.54. The SMILES string of the molecule is CCOC(=O)N[C@@H](C(=O)N[C@@H](C)c1ccc2[nH]c(=O)[nH]c2c1)C(C)C. The lowest BCUT2D eigenvalue weighted by molar-refractivity contribution is -0.124. The summed E-state index contributed by atoms with van der Waals surface area (Å²) < 4.78 is 4.85. The molecule has 1 heterocycles. The maximum Gasteiger partial charge on any atom is 0.407 e. The number of aromatic nitrogens is 2. The average Bonchev–Trinajstić information content (AvgIpc) is 2.91. The van der Waals surface area contributed by atoms with E-state index in [1.165, 1.54) is 0 Å². The van der Waals surface area contributed by atoms with E-state index in [0.717, 1.165) is 5.56 Å². The van der Waals surface area contributed by atoms with Gasteiger partial charge in [-0.25, -0.2) is 9.59 Å². The molecule has 8 nitrogen and oxygen atoms in total. The van der Waals surface area contributed by atoms with Gasteiger partial charge in [0, 0.05) is 0 Å². The average molecular weight is 348 g/mol. The van der Waals surface area contributed by atoms with Crippen molar-refractivity contribution < 1.29 is 14.3 Å². The molecule has 0 unspecified atom stereocenters. The summed E-state index contributed by atoms with van der Waals surface area (Å²) >= 11 is 0. The Balaban J connectivity index is 2.09. The molecule has 1 aromatic heterocycles. The van der Waals surface area contributed by atoms with E-state index in [-0.39, 0.29) is 30.2 Å². The Hall–Kier alpha value is -2.77. The van der Waals surface area contributed by atoms with Crippen molar-refractivity contribution in [1.29, 1.82) is 0 Å². The van der Waals surface area contributed by atoms with Crippen LogP contribution in [0, 0.1) is 5.92 Å². The van der Waals surface area contributed by atoms with Gasteiger partial charge in [-0.15, -0.1) is 0 Å². The highest BCUT2D eigenvalue weighted by Gasteiger charge is 2.26. The maximum atomic E-state index is 12.5. The molecule has 0 saturated carbocycles. The van der Waals surface area contributed by atoms with Crippen LogP contribution >= 0.6 is 0 Å². The zero-order valence-electron chi connectivity index (χ0n) is 14.8. The second-order valence-electron chi connectivity index (χ2n) is 6.20. The third-order valence-corrected chi connectivity index (χ3v) is 3.90. The van der Waals surface area contributed by atoms with Crippen LogP contribution in [-0.4, -0.2) is 34.6 Å². The zero-order chi connectivity index (χ0) is 18.6. The van der Waals surface area contributed by atoms with Gasteiger partial charge in [0.05, 0.1) is 23.7 Å².